The molecule has 0 aliphatic carbocycles. The van der Waals surface area contributed by atoms with Gasteiger partial charge in [0.2, 0.25) is 0 Å². The lowest BCUT2D eigenvalue weighted by Gasteiger charge is -2.05. The molecule has 0 atom stereocenters. The van der Waals surface area contributed by atoms with Crippen LogP contribution in [-0.2, 0) is 17.6 Å². The number of rotatable bonds is 5. The molecule has 0 radical (unpaired) electrons. The van der Waals surface area contributed by atoms with Gasteiger partial charge in [-0.3, -0.25) is 4.79 Å². The Hall–Kier alpha value is -1.31. The van der Waals surface area contributed by atoms with E-state index >= 15 is 0 Å². The number of carboxylic acids is 1. The lowest BCUT2D eigenvalue weighted by atomic mass is 10.0. The molecule has 0 spiro atoms. The number of hydrogen-bond acceptors (Lipinski definition) is 1. The maximum Gasteiger partial charge on any atom is 0.307 e. The number of aliphatic carboxylic acids is 1. The molecule has 0 unspecified atom stereocenters. The van der Waals surface area contributed by atoms with Crippen molar-refractivity contribution >= 4 is 5.97 Å². The summed E-state index contributed by atoms with van der Waals surface area (Å²) in [5.74, 6) is -0.0615. The standard InChI is InChI=1S/C13H18O2/c1-10(2)3-4-11-5-7-12(8-6-11)9-13(14)15/h5-8,10H,3-4,9H2,1-2H3,(H,14,15). The van der Waals surface area contributed by atoms with Crippen LogP contribution < -0.4 is 0 Å². The smallest absolute Gasteiger partial charge is 0.307 e. The van der Waals surface area contributed by atoms with Crippen LogP contribution in [0.2, 0.25) is 0 Å². The molecule has 1 aromatic carbocycles. The quantitative estimate of drug-likeness (QED) is 0.804. The first kappa shape index (κ1) is 11.8. The summed E-state index contributed by atoms with van der Waals surface area (Å²) in [5.41, 5.74) is 2.16. The monoisotopic (exact) mass is 206 g/mol. The van der Waals surface area contributed by atoms with E-state index in [4.69, 9.17) is 5.11 Å². The molecule has 0 saturated carbocycles. The van der Waals surface area contributed by atoms with Gasteiger partial charge in [-0.1, -0.05) is 38.1 Å². The third kappa shape index (κ3) is 4.63. The van der Waals surface area contributed by atoms with Crippen LogP contribution in [-0.4, -0.2) is 11.1 Å². The zero-order valence-electron chi connectivity index (χ0n) is 9.36. The highest BCUT2D eigenvalue weighted by molar-refractivity contribution is 5.70. The third-order valence-corrected chi connectivity index (χ3v) is 2.39. The van der Waals surface area contributed by atoms with Crippen LogP contribution in [0.15, 0.2) is 24.3 Å². The van der Waals surface area contributed by atoms with E-state index in [2.05, 4.69) is 13.8 Å². The molecule has 1 aromatic rings. The van der Waals surface area contributed by atoms with Crippen LogP contribution in [0.1, 0.15) is 31.4 Å². The van der Waals surface area contributed by atoms with Crippen molar-refractivity contribution in [1.82, 2.24) is 0 Å². The van der Waals surface area contributed by atoms with Gasteiger partial charge < -0.3 is 5.11 Å². The Kier molecular flexibility index (Phi) is 4.35. The van der Waals surface area contributed by atoms with Gasteiger partial charge in [-0.05, 0) is 29.9 Å². The fraction of sp³-hybridized carbons (Fsp3) is 0.462. The average molecular weight is 206 g/mol. The summed E-state index contributed by atoms with van der Waals surface area (Å²) in [5, 5.41) is 8.61. The van der Waals surface area contributed by atoms with Crippen molar-refractivity contribution in [3.63, 3.8) is 0 Å². The summed E-state index contributed by atoms with van der Waals surface area (Å²) >= 11 is 0. The highest BCUT2D eigenvalue weighted by Crippen LogP contribution is 2.10. The molecule has 0 bridgehead atoms. The average Bonchev–Trinajstić information content (AvgIpc) is 2.16. The van der Waals surface area contributed by atoms with Gasteiger partial charge in [0.1, 0.15) is 0 Å². The van der Waals surface area contributed by atoms with Gasteiger partial charge >= 0.3 is 5.97 Å². The van der Waals surface area contributed by atoms with E-state index in [1.165, 1.54) is 12.0 Å². The van der Waals surface area contributed by atoms with E-state index < -0.39 is 5.97 Å². The van der Waals surface area contributed by atoms with Crippen LogP contribution in [0, 0.1) is 5.92 Å². The number of benzene rings is 1. The molecule has 2 nitrogen and oxygen atoms in total. The van der Waals surface area contributed by atoms with Crippen molar-refractivity contribution in [2.45, 2.75) is 33.1 Å². The summed E-state index contributed by atoms with van der Waals surface area (Å²) < 4.78 is 0. The zero-order chi connectivity index (χ0) is 11.3. The second kappa shape index (κ2) is 5.54. The van der Waals surface area contributed by atoms with Gasteiger partial charge in [0, 0.05) is 0 Å². The zero-order valence-corrected chi connectivity index (χ0v) is 9.36. The molecule has 0 amide bonds. The molecule has 82 valence electrons. The Labute approximate surface area is 90.9 Å². The summed E-state index contributed by atoms with van der Waals surface area (Å²) in [6.45, 7) is 4.41. The topological polar surface area (TPSA) is 37.3 Å². The van der Waals surface area contributed by atoms with Gasteiger partial charge in [0.15, 0.2) is 0 Å². The number of hydrogen-bond donors (Lipinski definition) is 1. The largest absolute Gasteiger partial charge is 0.481 e. The maximum atomic E-state index is 10.5. The fourth-order valence-electron chi connectivity index (χ4n) is 1.45. The molecule has 0 heterocycles. The lowest BCUT2D eigenvalue weighted by molar-refractivity contribution is -0.136. The second-order valence-corrected chi connectivity index (χ2v) is 4.32. The fourth-order valence-corrected chi connectivity index (χ4v) is 1.45. The summed E-state index contributed by atoms with van der Waals surface area (Å²) in [6, 6.07) is 7.87. The molecule has 15 heavy (non-hydrogen) atoms. The van der Waals surface area contributed by atoms with Crippen molar-refractivity contribution in [3.05, 3.63) is 35.4 Å². The van der Waals surface area contributed by atoms with E-state index in [1.807, 2.05) is 24.3 Å². The first-order chi connectivity index (χ1) is 7.08. The molecular weight excluding hydrogens is 188 g/mol. The first-order valence-electron chi connectivity index (χ1n) is 5.37. The Balaban J connectivity index is 2.52. The highest BCUT2D eigenvalue weighted by Gasteiger charge is 2.01. The van der Waals surface area contributed by atoms with E-state index in [1.54, 1.807) is 0 Å². The van der Waals surface area contributed by atoms with Crippen LogP contribution in [0.4, 0.5) is 0 Å². The van der Waals surface area contributed by atoms with Gasteiger partial charge in [-0.2, -0.15) is 0 Å². The normalized spacial score (nSPS) is 10.6. The van der Waals surface area contributed by atoms with Crippen LogP contribution in [0.5, 0.6) is 0 Å². The Morgan fingerprint density at radius 3 is 2.20 bits per heavy atom. The van der Waals surface area contributed by atoms with Crippen molar-refractivity contribution < 1.29 is 9.90 Å². The van der Waals surface area contributed by atoms with Crippen LogP contribution in [0.25, 0.3) is 0 Å². The maximum absolute atomic E-state index is 10.5. The van der Waals surface area contributed by atoms with E-state index in [-0.39, 0.29) is 6.42 Å². The summed E-state index contributed by atoms with van der Waals surface area (Å²) in [6.07, 6.45) is 2.37. The molecule has 0 aliphatic heterocycles. The van der Waals surface area contributed by atoms with Gasteiger partial charge in [0.25, 0.3) is 0 Å². The predicted molar refractivity (Wildman–Crippen MR) is 60.9 cm³/mol. The minimum atomic E-state index is -0.773. The Morgan fingerprint density at radius 2 is 1.73 bits per heavy atom. The van der Waals surface area contributed by atoms with Crippen LogP contribution in [0.3, 0.4) is 0 Å². The van der Waals surface area contributed by atoms with Crippen molar-refractivity contribution in [2.24, 2.45) is 5.92 Å². The molecular formula is C13H18O2. The lowest BCUT2D eigenvalue weighted by Crippen LogP contribution is -2.00. The van der Waals surface area contributed by atoms with E-state index in [0.717, 1.165) is 12.0 Å². The highest BCUT2D eigenvalue weighted by atomic mass is 16.4. The van der Waals surface area contributed by atoms with Crippen molar-refractivity contribution in [3.8, 4) is 0 Å². The molecule has 2 heteroatoms. The molecule has 0 fully saturated rings. The van der Waals surface area contributed by atoms with Crippen LogP contribution >= 0.6 is 0 Å². The minimum Gasteiger partial charge on any atom is -0.481 e. The molecule has 1 rings (SSSR count). The summed E-state index contributed by atoms with van der Waals surface area (Å²) in [7, 11) is 0. The number of carbonyl (C=O) groups is 1. The summed E-state index contributed by atoms with van der Waals surface area (Å²) in [4.78, 5) is 10.5. The van der Waals surface area contributed by atoms with Crippen molar-refractivity contribution in [1.29, 1.82) is 0 Å². The molecule has 0 aliphatic rings. The SMILES string of the molecule is CC(C)CCc1ccc(CC(=O)O)cc1. The van der Waals surface area contributed by atoms with Gasteiger partial charge in [-0.25, -0.2) is 0 Å². The third-order valence-electron chi connectivity index (χ3n) is 2.39. The second-order valence-electron chi connectivity index (χ2n) is 4.32. The van der Waals surface area contributed by atoms with Crippen molar-refractivity contribution in [2.75, 3.05) is 0 Å². The molecule has 0 saturated heterocycles. The first-order valence-corrected chi connectivity index (χ1v) is 5.37. The van der Waals surface area contributed by atoms with Gasteiger partial charge in [0.05, 0.1) is 6.42 Å². The molecule has 1 N–H and O–H groups in total. The number of carboxylic acid groups (broad SMARTS) is 1. The predicted octanol–water partition coefficient (Wildman–Crippen LogP) is 2.90. The minimum absolute atomic E-state index is 0.116. The Bertz CT molecular complexity index is 312. The number of aryl methyl sites for hydroxylation is 1. The molecule has 0 aromatic heterocycles. The van der Waals surface area contributed by atoms with E-state index in [9.17, 15) is 4.79 Å². The van der Waals surface area contributed by atoms with Gasteiger partial charge in [-0.15, -0.1) is 0 Å². The Morgan fingerprint density at radius 1 is 1.20 bits per heavy atom. The van der Waals surface area contributed by atoms with E-state index in [0.29, 0.717) is 5.92 Å².